The molecule has 0 atom stereocenters. The highest BCUT2D eigenvalue weighted by Crippen LogP contribution is 2.26. The lowest BCUT2D eigenvalue weighted by atomic mass is 10.1. The molecule has 0 saturated heterocycles. The molecule has 3 aromatic rings. The molecule has 0 saturated carbocycles. The summed E-state index contributed by atoms with van der Waals surface area (Å²) < 4.78 is 3.29. The van der Waals surface area contributed by atoms with Crippen LogP contribution in [0.4, 0.5) is 5.69 Å². The molecule has 0 bridgehead atoms. The second-order valence-corrected chi connectivity index (χ2v) is 5.61. The maximum Gasteiger partial charge on any atom is 0.0507 e. The predicted octanol–water partition coefficient (Wildman–Crippen LogP) is 4.34. The van der Waals surface area contributed by atoms with Gasteiger partial charge in [0.1, 0.15) is 0 Å². The van der Waals surface area contributed by atoms with Crippen molar-refractivity contribution >= 4 is 32.5 Å². The van der Waals surface area contributed by atoms with E-state index in [1.807, 2.05) is 18.2 Å². The first-order chi connectivity index (χ1) is 9.16. The molecule has 19 heavy (non-hydrogen) atoms. The number of aromatic nitrogens is 1. The molecule has 96 valence electrons. The number of hydrogen-bond acceptors (Lipinski definition) is 1. The Morgan fingerprint density at radius 2 is 1.89 bits per heavy atom. The number of fused-ring (bicyclic) bond motifs is 1. The maximum absolute atomic E-state index is 6.07. The van der Waals surface area contributed by atoms with E-state index in [0.717, 1.165) is 22.3 Å². The van der Waals surface area contributed by atoms with Crippen LogP contribution in [0.1, 0.15) is 11.1 Å². The minimum atomic E-state index is 0.778. The Morgan fingerprint density at radius 1 is 1.11 bits per heavy atom. The largest absolute Gasteiger partial charge is 0.398 e. The summed E-state index contributed by atoms with van der Waals surface area (Å²) in [5, 5.41) is 1.30. The fourth-order valence-electron chi connectivity index (χ4n) is 2.43. The van der Waals surface area contributed by atoms with Crippen molar-refractivity contribution in [1.29, 1.82) is 0 Å². The van der Waals surface area contributed by atoms with Crippen LogP contribution in [0.5, 0.6) is 0 Å². The number of hydrogen-bond donors (Lipinski definition) is 1. The van der Waals surface area contributed by atoms with Gasteiger partial charge in [0.15, 0.2) is 0 Å². The second-order valence-electron chi connectivity index (χ2n) is 4.76. The Bertz CT molecular complexity index is 723. The lowest BCUT2D eigenvalue weighted by molar-refractivity contribution is 0.835. The SMILES string of the molecule is Cc1cccc2c1ccn2Cc1c(N)cccc1Br. The Hall–Kier alpha value is -1.74. The van der Waals surface area contributed by atoms with Crippen LogP contribution in [0.15, 0.2) is 53.1 Å². The van der Waals surface area contributed by atoms with Crippen LogP contribution in [0, 0.1) is 6.92 Å². The molecule has 0 amide bonds. The van der Waals surface area contributed by atoms with Crippen LogP contribution < -0.4 is 5.73 Å². The minimum absolute atomic E-state index is 0.778. The first-order valence-electron chi connectivity index (χ1n) is 6.24. The van der Waals surface area contributed by atoms with Crippen molar-refractivity contribution in [3.63, 3.8) is 0 Å². The van der Waals surface area contributed by atoms with E-state index in [1.165, 1.54) is 16.5 Å². The average Bonchev–Trinajstić information content (AvgIpc) is 2.79. The molecule has 3 heteroatoms. The summed E-state index contributed by atoms with van der Waals surface area (Å²) in [6, 6.07) is 14.5. The molecule has 0 aliphatic carbocycles. The summed E-state index contributed by atoms with van der Waals surface area (Å²) in [6.45, 7) is 2.92. The van der Waals surface area contributed by atoms with E-state index in [9.17, 15) is 0 Å². The molecule has 0 radical (unpaired) electrons. The van der Waals surface area contributed by atoms with E-state index in [-0.39, 0.29) is 0 Å². The molecule has 1 heterocycles. The van der Waals surface area contributed by atoms with E-state index in [4.69, 9.17) is 5.73 Å². The number of rotatable bonds is 2. The number of nitrogens with zero attached hydrogens (tertiary/aromatic N) is 1. The van der Waals surface area contributed by atoms with Crippen LogP contribution in [-0.2, 0) is 6.54 Å². The first kappa shape index (κ1) is 12.3. The standard InChI is InChI=1S/C16H15BrN2/c1-11-4-2-7-16-12(11)8-9-19(16)10-13-14(17)5-3-6-15(13)18/h2-9H,10,18H2,1H3. The van der Waals surface area contributed by atoms with Gasteiger partial charge in [-0.25, -0.2) is 0 Å². The molecule has 0 aliphatic heterocycles. The molecule has 0 fully saturated rings. The van der Waals surface area contributed by atoms with Gasteiger partial charge in [-0.05, 0) is 36.8 Å². The van der Waals surface area contributed by atoms with E-state index in [0.29, 0.717) is 0 Å². The highest BCUT2D eigenvalue weighted by Gasteiger charge is 2.08. The highest BCUT2D eigenvalue weighted by atomic mass is 79.9. The van der Waals surface area contributed by atoms with Gasteiger partial charge in [-0.2, -0.15) is 0 Å². The Kier molecular flexibility index (Phi) is 3.07. The van der Waals surface area contributed by atoms with E-state index < -0.39 is 0 Å². The monoisotopic (exact) mass is 314 g/mol. The van der Waals surface area contributed by atoms with Gasteiger partial charge >= 0.3 is 0 Å². The summed E-state index contributed by atoms with van der Waals surface area (Å²) in [5.74, 6) is 0. The van der Waals surface area contributed by atoms with Crippen molar-refractivity contribution in [2.24, 2.45) is 0 Å². The summed E-state index contributed by atoms with van der Waals surface area (Å²) in [5.41, 5.74) is 10.6. The van der Waals surface area contributed by atoms with Crippen LogP contribution in [-0.4, -0.2) is 4.57 Å². The van der Waals surface area contributed by atoms with Gasteiger partial charge in [0.2, 0.25) is 0 Å². The normalized spacial score (nSPS) is 11.1. The molecular formula is C16H15BrN2. The van der Waals surface area contributed by atoms with Gasteiger partial charge in [0, 0.05) is 32.8 Å². The summed E-state index contributed by atoms with van der Waals surface area (Å²) in [7, 11) is 0. The molecule has 2 N–H and O–H groups in total. The zero-order valence-corrected chi connectivity index (χ0v) is 12.3. The van der Waals surface area contributed by atoms with Crippen LogP contribution in [0.25, 0.3) is 10.9 Å². The number of halogens is 1. The summed E-state index contributed by atoms with van der Waals surface area (Å²) >= 11 is 3.58. The quantitative estimate of drug-likeness (QED) is 0.701. The molecule has 0 unspecified atom stereocenters. The lowest BCUT2D eigenvalue weighted by Crippen LogP contribution is -2.02. The topological polar surface area (TPSA) is 30.9 Å². The molecule has 1 aromatic heterocycles. The molecule has 0 spiro atoms. The number of nitrogens with two attached hydrogens (primary N) is 1. The van der Waals surface area contributed by atoms with E-state index in [1.54, 1.807) is 0 Å². The van der Waals surface area contributed by atoms with Crippen LogP contribution >= 0.6 is 15.9 Å². The highest BCUT2D eigenvalue weighted by molar-refractivity contribution is 9.10. The molecule has 0 aliphatic rings. The van der Waals surface area contributed by atoms with Crippen molar-refractivity contribution in [3.05, 3.63) is 64.3 Å². The van der Waals surface area contributed by atoms with E-state index >= 15 is 0 Å². The lowest BCUT2D eigenvalue weighted by Gasteiger charge is -2.11. The Balaban J connectivity index is 2.09. The molecule has 2 nitrogen and oxygen atoms in total. The second kappa shape index (κ2) is 4.74. The number of aryl methyl sites for hydroxylation is 1. The van der Waals surface area contributed by atoms with Crippen molar-refractivity contribution in [2.75, 3.05) is 5.73 Å². The van der Waals surface area contributed by atoms with Gasteiger partial charge in [0.05, 0.1) is 6.54 Å². The van der Waals surface area contributed by atoms with Crippen LogP contribution in [0.3, 0.4) is 0 Å². The number of nitrogen functional groups attached to an aromatic ring is 1. The van der Waals surface area contributed by atoms with Crippen molar-refractivity contribution in [2.45, 2.75) is 13.5 Å². The van der Waals surface area contributed by atoms with Crippen molar-refractivity contribution in [3.8, 4) is 0 Å². The number of benzene rings is 2. The Morgan fingerprint density at radius 3 is 2.68 bits per heavy atom. The zero-order valence-electron chi connectivity index (χ0n) is 10.7. The van der Waals surface area contributed by atoms with E-state index in [2.05, 4.69) is 57.9 Å². The molecule has 3 rings (SSSR count). The van der Waals surface area contributed by atoms with Crippen molar-refractivity contribution < 1.29 is 0 Å². The fourth-order valence-corrected chi connectivity index (χ4v) is 2.93. The third kappa shape index (κ3) is 2.15. The van der Waals surface area contributed by atoms with Gasteiger partial charge in [-0.15, -0.1) is 0 Å². The fraction of sp³-hybridized carbons (Fsp3) is 0.125. The zero-order chi connectivity index (χ0) is 13.4. The van der Waals surface area contributed by atoms with Crippen molar-refractivity contribution in [1.82, 2.24) is 4.57 Å². The van der Waals surface area contributed by atoms with Gasteiger partial charge < -0.3 is 10.3 Å². The minimum Gasteiger partial charge on any atom is -0.398 e. The van der Waals surface area contributed by atoms with Crippen LogP contribution in [0.2, 0.25) is 0 Å². The third-order valence-corrected chi connectivity index (χ3v) is 4.26. The molecule has 2 aromatic carbocycles. The summed E-state index contributed by atoms with van der Waals surface area (Å²) in [6.07, 6.45) is 2.12. The number of anilines is 1. The average molecular weight is 315 g/mol. The predicted molar refractivity (Wildman–Crippen MR) is 84.3 cm³/mol. The van der Waals surface area contributed by atoms with Gasteiger partial charge in [0.25, 0.3) is 0 Å². The summed E-state index contributed by atoms with van der Waals surface area (Å²) in [4.78, 5) is 0. The van der Waals surface area contributed by atoms with Gasteiger partial charge in [-0.3, -0.25) is 0 Å². The maximum atomic E-state index is 6.07. The smallest absolute Gasteiger partial charge is 0.0507 e. The first-order valence-corrected chi connectivity index (χ1v) is 7.03. The van der Waals surface area contributed by atoms with Gasteiger partial charge in [-0.1, -0.05) is 34.1 Å². The molecular weight excluding hydrogens is 300 g/mol. The Labute approximate surface area is 121 Å². The third-order valence-electron chi connectivity index (χ3n) is 3.52.